The maximum atomic E-state index is 10.4. The molecule has 1 heteroatoms. The Morgan fingerprint density at radius 3 is 2.83 bits per heavy atom. The second kappa shape index (κ2) is 3.88. The van der Waals surface area contributed by atoms with E-state index >= 15 is 0 Å². The van der Waals surface area contributed by atoms with Gasteiger partial charge in [0.15, 0.2) is 0 Å². The van der Waals surface area contributed by atoms with Gasteiger partial charge in [0.2, 0.25) is 0 Å². The average Bonchev–Trinajstić information content (AvgIpc) is 2.01. The molecule has 0 N–H and O–H groups in total. The normalized spacial score (nSPS) is 35.9. The summed E-state index contributed by atoms with van der Waals surface area (Å²) in [6.07, 6.45) is 5.26. The van der Waals surface area contributed by atoms with E-state index < -0.39 is 0 Å². The van der Waals surface area contributed by atoms with Crippen LogP contribution in [0, 0.1) is 17.8 Å². The summed E-state index contributed by atoms with van der Waals surface area (Å²) in [5, 5.41) is 0. The fourth-order valence-electron chi connectivity index (χ4n) is 1.96. The van der Waals surface area contributed by atoms with Gasteiger partial charge in [0, 0.05) is 6.42 Å². The van der Waals surface area contributed by atoms with E-state index in [2.05, 4.69) is 26.8 Å². The van der Waals surface area contributed by atoms with Crippen molar-refractivity contribution in [3.8, 4) is 0 Å². The maximum absolute atomic E-state index is 10.4. The van der Waals surface area contributed by atoms with Gasteiger partial charge in [-0.1, -0.05) is 25.5 Å². The summed E-state index contributed by atoms with van der Waals surface area (Å²) in [5.41, 5.74) is 1.41. The van der Waals surface area contributed by atoms with Crippen LogP contribution in [0.5, 0.6) is 0 Å². The molecule has 3 unspecified atom stereocenters. The molecule has 0 saturated carbocycles. The van der Waals surface area contributed by atoms with Crippen LogP contribution in [0.25, 0.3) is 0 Å². The lowest BCUT2D eigenvalue weighted by atomic mass is 9.76. The molecule has 1 rings (SSSR count). The average molecular weight is 166 g/mol. The first-order valence-corrected chi connectivity index (χ1v) is 4.77. The summed E-state index contributed by atoms with van der Waals surface area (Å²) >= 11 is 0. The molecule has 0 amide bonds. The Kier molecular flexibility index (Phi) is 3.07. The Hall–Kier alpha value is -0.590. The van der Waals surface area contributed by atoms with Crippen molar-refractivity contribution in [3.05, 3.63) is 11.6 Å². The first-order valence-electron chi connectivity index (χ1n) is 4.77. The minimum atomic E-state index is 0.522. The number of rotatable bonds is 2. The molecule has 1 aliphatic carbocycles. The standard InChI is InChI=1S/C11H18O/c1-8-6-10(3)11(4-5-12)7-9(8)2/h5-6,8-9,11H,4,7H2,1-3H3. The lowest BCUT2D eigenvalue weighted by Crippen LogP contribution is -2.19. The van der Waals surface area contributed by atoms with Gasteiger partial charge in [-0.3, -0.25) is 0 Å². The molecule has 68 valence electrons. The highest BCUT2D eigenvalue weighted by Crippen LogP contribution is 2.33. The molecule has 0 spiro atoms. The molecule has 0 saturated heterocycles. The Morgan fingerprint density at radius 2 is 2.25 bits per heavy atom. The summed E-state index contributed by atoms with van der Waals surface area (Å²) in [4.78, 5) is 10.4. The summed E-state index contributed by atoms with van der Waals surface area (Å²) in [6.45, 7) is 6.67. The SMILES string of the molecule is CC1=CC(C)C(C)CC1CC=O. The van der Waals surface area contributed by atoms with Crippen molar-refractivity contribution >= 4 is 6.29 Å². The van der Waals surface area contributed by atoms with E-state index in [1.54, 1.807) is 0 Å². The van der Waals surface area contributed by atoms with Crippen molar-refractivity contribution in [2.45, 2.75) is 33.6 Å². The van der Waals surface area contributed by atoms with Gasteiger partial charge >= 0.3 is 0 Å². The quantitative estimate of drug-likeness (QED) is 0.455. The third-order valence-corrected chi connectivity index (χ3v) is 3.10. The van der Waals surface area contributed by atoms with Crippen LogP contribution in [0.4, 0.5) is 0 Å². The zero-order chi connectivity index (χ0) is 9.14. The van der Waals surface area contributed by atoms with Crippen LogP contribution in [0.15, 0.2) is 11.6 Å². The van der Waals surface area contributed by atoms with E-state index in [0.717, 1.165) is 12.2 Å². The van der Waals surface area contributed by atoms with Gasteiger partial charge in [-0.25, -0.2) is 0 Å². The number of hydrogen-bond donors (Lipinski definition) is 0. The van der Waals surface area contributed by atoms with Gasteiger partial charge < -0.3 is 4.79 Å². The molecular formula is C11H18O. The largest absolute Gasteiger partial charge is 0.303 e. The Bertz CT molecular complexity index is 193. The lowest BCUT2D eigenvalue weighted by Gasteiger charge is -2.29. The van der Waals surface area contributed by atoms with E-state index in [9.17, 15) is 4.79 Å². The third kappa shape index (κ3) is 1.96. The minimum Gasteiger partial charge on any atom is -0.303 e. The Balaban J connectivity index is 2.67. The predicted molar refractivity (Wildman–Crippen MR) is 50.9 cm³/mol. The van der Waals surface area contributed by atoms with Crippen molar-refractivity contribution in [2.24, 2.45) is 17.8 Å². The molecule has 0 aromatic heterocycles. The van der Waals surface area contributed by atoms with Crippen LogP contribution >= 0.6 is 0 Å². The van der Waals surface area contributed by atoms with Gasteiger partial charge in [-0.15, -0.1) is 0 Å². The van der Waals surface area contributed by atoms with Crippen molar-refractivity contribution in [1.82, 2.24) is 0 Å². The third-order valence-electron chi connectivity index (χ3n) is 3.10. The highest BCUT2D eigenvalue weighted by molar-refractivity contribution is 5.50. The molecule has 0 fully saturated rings. The van der Waals surface area contributed by atoms with Crippen LogP contribution in [0.1, 0.15) is 33.6 Å². The van der Waals surface area contributed by atoms with E-state index in [1.165, 1.54) is 12.0 Å². The first-order chi connectivity index (χ1) is 5.65. The summed E-state index contributed by atoms with van der Waals surface area (Å²) < 4.78 is 0. The zero-order valence-electron chi connectivity index (χ0n) is 8.21. The van der Waals surface area contributed by atoms with Crippen molar-refractivity contribution in [3.63, 3.8) is 0 Å². The van der Waals surface area contributed by atoms with E-state index in [1.807, 2.05) is 0 Å². The predicted octanol–water partition coefficient (Wildman–Crippen LogP) is 2.81. The number of carbonyl (C=O) groups is 1. The summed E-state index contributed by atoms with van der Waals surface area (Å²) in [6, 6.07) is 0. The van der Waals surface area contributed by atoms with Crippen LogP contribution in [-0.2, 0) is 4.79 Å². The number of aldehydes is 1. The van der Waals surface area contributed by atoms with E-state index in [4.69, 9.17) is 0 Å². The molecule has 12 heavy (non-hydrogen) atoms. The van der Waals surface area contributed by atoms with Gasteiger partial charge in [-0.2, -0.15) is 0 Å². The molecule has 0 heterocycles. The Labute approximate surface area is 74.9 Å². The molecule has 1 aliphatic rings. The lowest BCUT2D eigenvalue weighted by molar-refractivity contribution is -0.108. The number of carbonyl (C=O) groups excluding carboxylic acids is 1. The van der Waals surface area contributed by atoms with Gasteiger partial charge in [0.1, 0.15) is 6.29 Å². The molecule has 1 nitrogen and oxygen atoms in total. The molecule has 0 aliphatic heterocycles. The summed E-state index contributed by atoms with van der Waals surface area (Å²) in [5.74, 6) is 1.94. The highest BCUT2D eigenvalue weighted by Gasteiger charge is 2.23. The summed E-state index contributed by atoms with van der Waals surface area (Å²) in [7, 11) is 0. The highest BCUT2D eigenvalue weighted by atomic mass is 16.1. The fraction of sp³-hybridized carbons (Fsp3) is 0.727. The smallest absolute Gasteiger partial charge is 0.120 e. The maximum Gasteiger partial charge on any atom is 0.120 e. The molecule has 0 aromatic rings. The molecule has 0 bridgehead atoms. The zero-order valence-corrected chi connectivity index (χ0v) is 8.21. The van der Waals surface area contributed by atoms with Crippen molar-refractivity contribution < 1.29 is 4.79 Å². The van der Waals surface area contributed by atoms with E-state index in [-0.39, 0.29) is 0 Å². The van der Waals surface area contributed by atoms with Gasteiger partial charge in [0.25, 0.3) is 0 Å². The molecule has 0 aromatic carbocycles. The molecular weight excluding hydrogens is 148 g/mol. The second-order valence-electron chi connectivity index (χ2n) is 4.08. The fourth-order valence-corrected chi connectivity index (χ4v) is 1.96. The van der Waals surface area contributed by atoms with Gasteiger partial charge in [-0.05, 0) is 31.1 Å². The van der Waals surface area contributed by atoms with Crippen molar-refractivity contribution in [2.75, 3.05) is 0 Å². The number of hydrogen-bond acceptors (Lipinski definition) is 1. The minimum absolute atomic E-state index is 0.522. The van der Waals surface area contributed by atoms with Crippen LogP contribution in [0.2, 0.25) is 0 Å². The Morgan fingerprint density at radius 1 is 1.58 bits per heavy atom. The first kappa shape index (κ1) is 9.50. The van der Waals surface area contributed by atoms with Crippen LogP contribution in [-0.4, -0.2) is 6.29 Å². The van der Waals surface area contributed by atoms with Crippen molar-refractivity contribution in [1.29, 1.82) is 0 Å². The second-order valence-corrected chi connectivity index (χ2v) is 4.08. The van der Waals surface area contributed by atoms with Crippen LogP contribution < -0.4 is 0 Å². The number of allylic oxidation sites excluding steroid dienone is 2. The van der Waals surface area contributed by atoms with Crippen LogP contribution in [0.3, 0.4) is 0 Å². The molecule has 3 atom stereocenters. The van der Waals surface area contributed by atoms with E-state index in [0.29, 0.717) is 18.3 Å². The molecule has 0 radical (unpaired) electrons. The van der Waals surface area contributed by atoms with Gasteiger partial charge in [0.05, 0.1) is 0 Å². The monoisotopic (exact) mass is 166 g/mol. The topological polar surface area (TPSA) is 17.1 Å².